The molecule has 11 heteroatoms. The molecule has 4 heterocycles. The van der Waals surface area contributed by atoms with Gasteiger partial charge in [0.2, 0.25) is 11.8 Å². The van der Waals surface area contributed by atoms with Crippen LogP contribution in [-0.2, 0) is 16.0 Å². The van der Waals surface area contributed by atoms with Crippen LogP contribution in [-0.4, -0.2) is 94.3 Å². The van der Waals surface area contributed by atoms with Gasteiger partial charge in [-0.15, -0.1) is 11.8 Å². The Hall–Kier alpha value is -3.31. The number of benzene rings is 2. The van der Waals surface area contributed by atoms with E-state index in [1.807, 2.05) is 49.9 Å². The van der Waals surface area contributed by atoms with Crippen molar-refractivity contribution >= 4 is 41.0 Å². The van der Waals surface area contributed by atoms with E-state index in [-0.39, 0.29) is 47.2 Å². The number of β-amino-alcohol motifs (C(OH)–C–C–N with tert-alkyl or cyclic N) is 1. The van der Waals surface area contributed by atoms with Crippen molar-refractivity contribution in [1.82, 2.24) is 14.7 Å². The van der Waals surface area contributed by atoms with Gasteiger partial charge in [0.25, 0.3) is 0 Å². The number of urea groups is 1. The fourth-order valence-corrected chi connectivity index (χ4v) is 8.61. The summed E-state index contributed by atoms with van der Waals surface area (Å²) in [5.74, 6) is -0.504. The number of para-hydroxylation sites is 2. The maximum atomic E-state index is 15.4. The molecule has 4 aliphatic heterocycles. The molecule has 0 radical (unpaired) electrons. The van der Waals surface area contributed by atoms with E-state index >= 15 is 4.39 Å². The van der Waals surface area contributed by atoms with Gasteiger partial charge in [-0.25, -0.2) is 9.18 Å². The van der Waals surface area contributed by atoms with E-state index in [1.165, 1.54) is 17.8 Å². The monoisotopic (exact) mass is 659 g/mol. The second-order valence-electron chi connectivity index (χ2n) is 14.2. The third kappa shape index (κ3) is 7.00. The van der Waals surface area contributed by atoms with Crippen LogP contribution in [0.15, 0.2) is 42.5 Å². The van der Waals surface area contributed by atoms with E-state index in [4.69, 9.17) is 0 Å². The Morgan fingerprint density at radius 3 is 2.52 bits per heavy atom. The number of aliphatic hydroxyl groups is 1. The zero-order valence-corrected chi connectivity index (χ0v) is 27.9. The Labute approximate surface area is 281 Å². The van der Waals surface area contributed by atoms with Gasteiger partial charge in [-0.2, -0.15) is 0 Å². The van der Waals surface area contributed by atoms with Crippen molar-refractivity contribution in [1.29, 1.82) is 0 Å². The highest BCUT2D eigenvalue weighted by atomic mass is 32.2. The maximum absolute atomic E-state index is 15.4. The Morgan fingerprint density at radius 2 is 1.80 bits per heavy atom. The lowest BCUT2D eigenvalue weighted by molar-refractivity contribution is -0.137. The molecule has 2 unspecified atom stereocenters. The highest BCUT2D eigenvalue weighted by Crippen LogP contribution is 2.48. The molecule has 3 atom stereocenters. The van der Waals surface area contributed by atoms with Crippen LogP contribution in [0.2, 0.25) is 0 Å². The molecule has 46 heavy (non-hydrogen) atoms. The molecule has 0 aromatic heterocycles. The number of halogens is 1. The first-order valence-electron chi connectivity index (χ1n) is 16.6. The lowest BCUT2D eigenvalue weighted by atomic mass is 9.92. The minimum absolute atomic E-state index is 0. The van der Waals surface area contributed by atoms with Gasteiger partial charge in [0.1, 0.15) is 11.2 Å². The summed E-state index contributed by atoms with van der Waals surface area (Å²) in [5, 5.41) is 12.3. The molecule has 9 nitrogen and oxygen atoms in total. The molecule has 3 saturated heterocycles. The number of hydrogen-bond donors (Lipinski definition) is 2. The van der Waals surface area contributed by atoms with Crippen LogP contribution in [0.1, 0.15) is 75.1 Å². The standard InChI is InChI=1S/C35H46FN5O4S.4H2/c1-35(2,3)15-20-41-32(44)29(46-33(41)26-8-6-9-27(36)31(26)39-18-14-25(42)22-39)21-30(43)38-16-12-24(13-17-38)40-19-11-23-7-4-5-10-28(23)37-34(40)45;;;;/h4-10,24-25,29,33,42H,11-22H2,1-3H3,(H,37,45);4*1H/t25?,29-,33?;;;;/m0..../s1. The third-order valence-electron chi connectivity index (χ3n) is 9.76. The van der Waals surface area contributed by atoms with E-state index < -0.39 is 16.7 Å². The summed E-state index contributed by atoms with van der Waals surface area (Å²) in [6.45, 7) is 9.52. The zero-order chi connectivity index (χ0) is 32.6. The largest absolute Gasteiger partial charge is 0.391 e. The first-order valence-corrected chi connectivity index (χ1v) is 17.5. The topological polar surface area (TPSA) is 96.4 Å². The third-order valence-corrected chi connectivity index (χ3v) is 11.2. The van der Waals surface area contributed by atoms with Gasteiger partial charge in [-0.3, -0.25) is 9.59 Å². The quantitative estimate of drug-likeness (QED) is 0.366. The zero-order valence-electron chi connectivity index (χ0n) is 27.1. The number of nitrogens with zero attached hydrogens (tertiary/aromatic N) is 4. The van der Waals surface area contributed by atoms with Gasteiger partial charge in [0, 0.05) is 68.7 Å². The first kappa shape index (κ1) is 32.6. The number of thioether (sulfide) groups is 1. The Bertz CT molecular complexity index is 1480. The van der Waals surface area contributed by atoms with Gasteiger partial charge < -0.3 is 30.0 Å². The first-order chi connectivity index (χ1) is 22.0. The fourth-order valence-electron chi connectivity index (χ4n) is 7.11. The van der Waals surface area contributed by atoms with E-state index in [0.717, 1.165) is 29.7 Å². The second kappa shape index (κ2) is 13.4. The lowest BCUT2D eigenvalue weighted by Gasteiger charge is -2.38. The van der Waals surface area contributed by atoms with Gasteiger partial charge in [0.05, 0.1) is 17.0 Å². The average Bonchev–Trinajstić information content (AvgIpc) is 3.53. The molecule has 0 bridgehead atoms. The van der Waals surface area contributed by atoms with Crippen LogP contribution < -0.4 is 10.2 Å². The molecule has 2 aromatic rings. The predicted molar refractivity (Wildman–Crippen MR) is 188 cm³/mol. The van der Waals surface area contributed by atoms with E-state index in [9.17, 15) is 19.5 Å². The molecule has 256 valence electrons. The molecule has 4 aliphatic rings. The minimum atomic E-state index is -0.564. The number of anilines is 2. The van der Waals surface area contributed by atoms with Crippen molar-refractivity contribution in [2.24, 2.45) is 5.41 Å². The van der Waals surface area contributed by atoms with Crippen LogP contribution in [0.5, 0.6) is 0 Å². The fraction of sp³-hybridized carbons (Fsp3) is 0.571. The van der Waals surface area contributed by atoms with Crippen LogP contribution in [0.4, 0.5) is 20.6 Å². The Balaban J connectivity index is 0.00000217. The number of nitrogens with one attached hydrogen (secondary N) is 1. The molecule has 2 aromatic carbocycles. The number of aliphatic hydroxyl groups excluding tert-OH is 1. The molecule has 0 spiro atoms. The van der Waals surface area contributed by atoms with Crippen LogP contribution in [0, 0.1) is 11.2 Å². The van der Waals surface area contributed by atoms with Crippen LogP contribution in [0.3, 0.4) is 0 Å². The predicted octanol–water partition coefficient (Wildman–Crippen LogP) is 6.23. The van der Waals surface area contributed by atoms with Gasteiger partial charge in [-0.05, 0) is 55.2 Å². The lowest BCUT2D eigenvalue weighted by Crippen LogP contribution is -2.50. The van der Waals surface area contributed by atoms with Crippen molar-refractivity contribution in [2.75, 3.05) is 49.5 Å². The van der Waals surface area contributed by atoms with E-state index in [0.29, 0.717) is 64.2 Å². The molecule has 0 aliphatic carbocycles. The van der Waals surface area contributed by atoms with E-state index in [2.05, 4.69) is 26.1 Å². The summed E-state index contributed by atoms with van der Waals surface area (Å²) in [7, 11) is 0. The maximum Gasteiger partial charge on any atom is 0.322 e. The molecular formula is C35H54FN5O4S. The molecule has 4 amide bonds. The molecule has 0 saturated carbocycles. The summed E-state index contributed by atoms with van der Waals surface area (Å²) in [6, 6.07) is 12.8. The van der Waals surface area contributed by atoms with Crippen molar-refractivity contribution in [3.05, 3.63) is 59.4 Å². The molecular weight excluding hydrogens is 605 g/mol. The number of likely N-dealkylation sites (tertiary alicyclic amines) is 1. The Morgan fingerprint density at radius 1 is 1.04 bits per heavy atom. The summed E-state index contributed by atoms with van der Waals surface area (Å²) in [5.41, 5.74) is 3.14. The normalized spacial score (nSPS) is 24.3. The van der Waals surface area contributed by atoms with Crippen molar-refractivity contribution in [2.45, 2.75) is 82.1 Å². The highest BCUT2D eigenvalue weighted by Gasteiger charge is 2.44. The highest BCUT2D eigenvalue weighted by molar-refractivity contribution is 8.01. The number of rotatable bonds is 7. The average molecular weight is 660 g/mol. The number of piperidine rings is 1. The number of carbonyl (C=O) groups excluding carboxylic acids is 3. The number of fused-ring (bicyclic) bond motifs is 1. The van der Waals surface area contributed by atoms with Crippen LogP contribution >= 0.6 is 11.8 Å². The smallest absolute Gasteiger partial charge is 0.322 e. The van der Waals surface area contributed by atoms with Crippen molar-refractivity contribution in [3.8, 4) is 0 Å². The molecule has 2 N–H and O–H groups in total. The van der Waals surface area contributed by atoms with Gasteiger partial charge in [0.15, 0.2) is 0 Å². The number of carbonyl (C=O) groups is 3. The van der Waals surface area contributed by atoms with Gasteiger partial charge >= 0.3 is 6.03 Å². The van der Waals surface area contributed by atoms with E-state index in [1.54, 1.807) is 6.07 Å². The molecule has 3 fully saturated rings. The van der Waals surface area contributed by atoms with Crippen LogP contribution in [0.25, 0.3) is 0 Å². The van der Waals surface area contributed by atoms with Crippen molar-refractivity contribution < 1.29 is 29.6 Å². The van der Waals surface area contributed by atoms with Gasteiger partial charge in [-0.1, -0.05) is 51.1 Å². The van der Waals surface area contributed by atoms with Crippen molar-refractivity contribution in [3.63, 3.8) is 0 Å². The second-order valence-corrected chi connectivity index (χ2v) is 15.5. The molecule has 6 rings (SSSR count). The summed E-state index contributed by atoms with van der Waals surface area (Å²) < 4.78 is 15.4. The number of hydrogen-bond acceptors (Lipinski definition) is 6. The Kier molecular flexibility index (Phi) is 9.53. The minimum Gasteiger partial charge on any atom is -0.391 e. The number of amides is 4. The summed E-state index contributed by atoms with van der Waals surface area (Å²) >= 11 is 1.44. The summed E-state index contributed by atoms with van der Waals surface area (Å²) in [6.07, 6.45) is 3.08. The summed E-state index contributed by atoms with van der Waals surface area (Å²) in [4.78, 5) is 48.1. The SMILES string of the molecule is CC(C)(C)CCN1C(=O)[C@H](CC(=O)N2CCC(N3CCc4ccccc4NC3=O)CC2)SC1c1cccc(F)c1N1CCC(O)C1.[HH].[HH].[HH].[HH].